The molecule has 44 heavy (non-hydrogen) atoms. The number of rotatable bonds is 6. The molecule has 0 saturated carbocycles. The van der Waals surface area contributed by atoms with Gasteiger partial charge in [-0.15, -0.1) is 10.2 Å². The molecule has 0 unspecified atom stereocenters. The zero-order valence-corrected chi connectivity index (χ0v) is 24.4. The first-order valence-electron chi connectivity index (χ1n) is 13.8. The maximum atomic E-state index is 13.1. The molecule has 4 aromatic rings. The Morgan fingerprint density at radius 3 is 2.34 bits per heavy atom. The predicted octanol–water partition coefficient (Wildman–Crippen LogP) is 4.26. The number of aryl methyl sites for hydroxylation is 1. The SMILES string of the molecule is CC(=O)N1CCN(c2ccc3cnc(C(=O)Nc4cccc([C@H](C)Cc5nncn5C)c4)cc3c2)CC1.O=C(O)C(F)(F)F. The number of aliphatic carboxylic acids is 1. The highest BCUT2D eigenvalue weighted by Crippen LogP contribution is 2.25. The van der Waals surface area contributed by atoms with Gasteiger partial charge < -0.3 is 24.8 Å². The average Bonchev–Trinajstić information content (AvgIpc) is 3.40. The van der Waals surface area contributed by atoms with Gasteiger partial charge in [-0.1, -0.05) is 25.1 Å². The number of pyridine rings is 1. The topological polar surface area (TPSA) is 134 Å². The van der Waals surface area contributed by atoms with Gasteiger partial charge in [0, 0.05) is 69.5 Å². The highest BCUT2D eigenvalue weighted by atomic mass is 19.4. The van der Waals surface area contributed by atoms with Gasteiger partial charge in [0.25, 0.3) is 5.91 Å². The largest absolute Gasteiger partial charge is 0.490 e. The lowest BCUT2D eigenvalue weighted by molar-refractivity contribution is -0.192. The second-order valence-electron chi connectivity index (χ2n) is 10.4. The third-order valence-corrected chi connectivity index (χ3v) is 7.28. The van der Waals surface area contributed by atoms with E-state index in [0.717, 1.165) is 53.0 Å². The van der Waals surface area contributed by atoms with Crippen molar-refractivity contribution in [3.05, 3.63) is 78.1 Å². The Hall–Kier alpha value is -5.01. The lowest BCUT2D eigenvalue weighted by Gasteiger charge is -2.35. The van der Waals surface area contributed by atoms with Crippen molar-refractivity contribution in [2.75, 3.05) is 36.4 Å². The van der Waals surface area contributed by atoms with Crippen molar-refractivity contribution in [3.63, 3.8) is 0 Å². The molecule has 5 rings (SSSR count). The van der Waals surface area contributed by atoms with Crippen LogP contribution in [0.15, 0.2) is 61.1 Å². The molecule has 1 fully saturated rings. The maximum Gasteiger partial charge on any atom is 0.490 e. The molecule has 1 saturated heterocycles. The van der Waals surface area contributed by atoms with E-state index >= 15 is 0 Å². The number of fused-ring (bicyclic) bond motifs is 1. The lowest BCUT2D eigenvalue weighted by atomic mass is 9.97. The van der Waals surface area contributed by atoms with E-state index in [1.807, 2.05) is 46.8 Å². The first-order valence-corrected chi connectivity index (χ1v) is 13.8. The minimum absolute atomic E-state index is 0.116. The molecule has 0 bridgehead atoms. The molecule has 0 aliphatic carbocycles. The average molecular weight is 612 g/mol. The van der Waals surface area contributed by atoms with Crippen LogP contribution in [0.25, 0.3) is 10.8 Å². The van der Waals surface area contributed by atoms with Gasteiger partial charge in [0.1, 0.15) is 17.8 Å². The number of piperazine rings is 1. The van der Waals surface area contributed by atoms with Gasteiger partial charge in [-0.2, -0.15) is 13.2 Å². The minimum atomic E-state index is -5.08. The van der Waals surface area contributed by atoms with Crippen molar-refractivity contribution >= 4 is 39.9 Å². The Labute approximate surface area is 251 Å². The molecule has 232 valence electrons. The van der Waals surface area contributed by atoms with E-state index in [1.165, 1.54) is 0 Å². The zero-order chi connectivity index (χ0) is 32.0. The summed E-state index contributed by atoms with van der Waals surface area (Å²) in [6.07, 6.45) is -0.889. The number of amides is 2. The zero-order valence-electron chi connectivity index (χ0n) is 24.4. The van der Waals surface area contributed by atoms with E-state index in [9.17, 15) is 22.8 Å². The van der Waals surface area contributed by atoms with Gasteiger partial charge >= 0.3 is 12.1 Å². The fourth-order valence-corrected chi connectivity index (χ4v) is 4.73. The highest BCUT2D eigenvalue weighted by Gasteiger charge is 2.38. The highest BCUT2D eigenvalue weighted by molar-refractivity contribution is 6.05. The van der Waals surface area contributed by atoms with Gasteiger partial charge in [-0.3, -0.25) is 14.6 Å². The number of carboxylic acid groups (broad SMARTS) is 1. The van der Waals surface area contributed by atoms with Crippen LogP contribution in [-0.2, 0) is 23.1 Å². The third kappa shape index (κ3) is 8.08. The maximum absolute atomic E-state index is 13.1. The number of anilines is 2. The van der Waals surface area contributed by atoms with Gasteiger partial charge in [0.05, 0.1) is 0 Å². The number of alkyl halides is 3. The molecule has 2 aromatic heterocycles. The molecule has 2 N–H and O–H groups in total. The van der Waals surface area contributed by atoms with Crippen LogP contribution in [0.4, 0.5) is 24.5 Å². The number of hydrogen-bond donors (Lipinski definition) is 2. The van der Waals surface area contributed by atoms with E-state index < -0.39 is 12.1 Å². The molecule has 0 spiro atoms. The number of nitrogens with one attached hydrogen (secondary N) is 1. The van der Waals surface area contributed by atoms with Crippen molar-refractivity contribution in [1.82, 2.24) is 24.6 Å². The summed E-state index contributed by atoms with van der Waals surface area (Å²) in [4.78, 5) is 42.2. The quantitative estimate of drug-likeness (QED) is 0.331. The number of benzene rings is 2. The lowest BCUT2D eigenvalue weighted by Crippen LogP contribution is -2.48. The Morgan fingerprint density at radius 2 is 1.73 bits per heavy atom. The molecule has 11 nitrogen and oxygen atoms in total. The van der Waals surface area contributed by atoms with Gasteiger partial charge in [0.15, 0.2) is 0 Å². The van der Waals surface area contributed by atoms with E-state index in [4.69, 9.17) is 9.90 Å². The number of nitrogens with zero attached hydrogens (tertiary/aromatic N) is 6. The standard InChI is InChI=1S/C28H31N7O2.C2HF3O2/c1-19(13-27-32-30-18-33(27)3)21-5-4-6-24(14-21)31-28(37)26-16-23-15-25(8-7-22(23)17-29-26)35-11-9-34(10-12-35)20(2)36;3-2(4,5)1(6)7/h4-8,14-19H,9-13H2,1-3H3,(H,31,37);(H,6,7)/t19-;/m1./s1. The molecule has 2 amide bonds. The van der Waals surface area contributed by atoms with Crippen LogP contribution in [0.2, 0.25) is 0 Å². The summed E-state index contributed by atoms with van der Waals surface area (Å²) < 4.78 is 33.7. The van der Waals surface area contributed by atoms with Crippen LogP contribution >= 0.6 is 0 Å². The first kappa shape index (κ1) is 31.9. The summed E-state index contributed by atoms with van der Waals surface area (Å²) in [7, 11) is 1.94. The molecule has 1 aliphatic heterocycles. The van der Waals surface area contributed by atoms with Crippen molar-refractivity contribution in [1.29, 1.82) is 0 Å². The van der Waals surface area contributed by atoms with Crippen LogP contribution in [-0.4, -0.2) is 79.9 Å². The van der Waals surface area contributed by atoms with E-state index in [-0.39, 0.29) is 17.7 Å². The molecule has 1 aliphatic rings. The fraction of sp³-hybridized carbons (Fsp3) is 0.333. The predicted molar refractivity (Wildman–Crippen MR) is 157 cm³/mol. The Balaban J connectivity index is 0.000000566. The summed E-state index contributed by atoms with van der Waals surface area (Å²) in [6, 6.07) is 15.9. The number of carboxylic acids is 1. The third-order valence-electron chi connectivity index (χ3n) is 7.28. The summed E-state index contributed by atoms with van der Waals surface area (Å²) in [5, 5.41) is 20.2. The second kappa shape index (κ2) is 13.5. The van der Waals surface area contributed by atoms with Crippen molar-refractivity contribution in [2.24, 2.45) is 7.05 Å². The normalized spacial score (nSPS) is 14.0. The van der Waals surface area contributed by atoms with Crippen molar-refractivity contribution in [2.45, 2.75) is 32.4 Å². The van der Waals surface area contributed by atoms with Crippen molar-refractivity contribution < 1.29 is 32.7 Å². The van der Waals surface area contributed by atoms with Crippen LogP contribution in [0, 0.1) is 0 Å². The van der Waals surface area contributed by atoms with Crippen LogP contribution in [0.1, 0.15) is 41.6 Å². The van der Waals surface area contributed by atoms with Crippen LogP contribution in [0.3, 0.4) is 0 Å². The molecule has 0 radical (unpaired) electrons. The van der Waals surface area contributed by atoms with E-state index in [1.54, 1.807) is 19.4 Å². The molecule has 1 atom stereocenters. The van der Waals surface area contributed by atoms with Crippen molar-refractivity contribution in [3.8, 4) is 0 Å². The number of carbonyl (C=O) groups is 3. The first-order chi connectivity index (χ1) is 20.8. The summed E-state index contributed by atoms with van der Waals surface area (Å²) in [5.41, 5.74) is 3.29. The number of aromatic nitrogens is 4. The molecule has 2 aromatic carbocycles. The number of halogens is 3. The van der Waals surface area contributed by atoms with Gasteiger partial charge in [0.2, 0.25) is 5.91 Å². The Kier molecular flexibility index (Phi) is 9.81. The van der Waals surface area contributed by atoms with Crippen LogP contribution < -0.4 is 10.2 Å². The summed E-state index contributed by atoms with van der Waals surface area (Å²) in [5.74, 6) is -1.75. The Bertz CT molecular complexity index is 1650. The molecular formula is C30H32F3N7O4. The van der Waals surface area contributed by atoms with Gasteiger partial charge in [-0.25, -0.2) is 4.79 Å². The molecular weight excluding hydrogens is 579 g/mol. The van der Waals surface area contributed by atoms with E-state index in [0.29, 0.717) is 18.8 Å². The number of carbonyl (C=O) groups excluding carboxylic acids is 2. The smallest absolute Gasteiger partial charge is 0.475 e. The molecule has 14 heteroatoms. The second-order valence-corrected chi connectivity index (χ2v) is 10.4. The summed E-state index contributed by atoms with van der Waals surface area (Å²) >= 11 is 0. The number of hydrogen-bond acceptors (Lipinski definition) is 7. The van der Waals surface area contributed by atoms with Crippen LogP contribution in [0.5, 0.6) is 0 Å². The fourth-order valence-electron chi connectivity index (χ4n) is 4.73. The molecule has 3 heterocycles. The minimum Gasteiger partial charge on any atom is -0.475 e. The van der Waals surface area contributed by atoms with Gasteiger partial charge in [-0.05, 0) is 47.2 Å². The Morgan fingerprint density at radius 1 is 1.02 bits per heavy atom. The summed E-state index contributed by atoms with van der Waals surface area (Å²) in [6.45, 7) is 6.76. The van der Waals surface area contributed by atoms with E-state index in [2.05, 4.69) is 50.5 Å². The monoisotopic (exact) mass is 611 g/mol.